The maximum Gasteiger partial charge on any atom is 0.255 e. The Morgan fingerprint density at radius 3 is 2.48 bits per heavy atom. The zero-order valence-corrected chi connectivity index (χ0v) is 16.0. The Labute approximate surface area is 162 Å². The summed E-state index contributed by atoms with van der Waals surface area (Å²) in [6.07, 6.45) is 0. The van der Waals surface area contributed by atoms with Gasteiger partial charge in [-0.2, -0.15) is 0 Å². The van der Waals surface area contributed by atoms with Crippen LogP contribution in [-0.2, 0) is 0 Å². The molecule has 0 radical (unpaired) electrons. The SMILES string of the molecule is CN(C)c1cccc(C(=O)Nc2ccc(-c3nc4ccccc4s3)cc2)c1. The number of benzene rings is 3. The first-order valence-corrected chi connectivity index (χ1v) is 9.46. The van der Waals surface area contributed by atoms with Crippen LogP contribution in [0.3, 0.4) is 0 Å². The van der Waals surface area contributed by atoms with Crippen molar-refractivity contribution in [1.29, 1.82) is 0 Å². The van der Waals surface area contributed by atoms with Crippen LogP contribution in [0.25, 0.3) is 20.8 Å². The van der Waals surface area contributed by atoms with Crippen LogP contribution in [-0.4, -0.2) is 25.0 Å². The van der Waals surface area contributed by atoms with E-state index in [1.807, 2.05) is 85.7 Å². The molecule has 0 spiro atoms. The van der Waals surface area contributed by atoms with E-state index in [2.05, 4.69) is 16.4 Å². The summed E-state index contributed by atoms with van der Waals surface area (Å²) < 4.78 is 1.17. The van der Waals surface area contributed by atoms with Gasteiger partial charge in [0.2, 0.25) is 0 Å². The van der Waals surface area contributed by atoms with Gasteiger partial charge in [-0.1, -0.05) is 18.2 Å². The van der Waals surface area contributed by atoms with Crippen molar-refractivity contribution in [1.82, 2.24) is 4.98 Å². The van der Waals surface area contributed by atoms with E-state index >= 15 is 0 Å². The fraction of sp³-hybridized carbons (Fsp3) is 0.0909. The average Bonchev–Trinajstić information content (AvgIpc) is 3.13. The number of nitrogens with one attached hydrogen (secondary N) is 1. The zero-order chi connectivity index (χ0) is 18.8. The van der Waals surface area contributed by atoms with E-state index in [-0.39, 0.29) is 5.91 Å². The third-order valence-electron chi connectivity index (χ3n) is 4.31. The second-order valence-corrected chi connectivity index (χ2v) is 7.49. The number of amides is 1. The van der Waals surface area contributed by atoms with Crippen LogP contribution in [0.4, 0.5) is 11.4 Å². The Hall–Kier alpha value is -3.18. The maximum absolute atomic E-state index is 12.5. The van der Waals surface area contributed by atoms with Crippen molar-refractivity contribution in [2.24, 2.45) is 0 Å². The van der Waals surface area contributed by atoms with E-state index in [1.165, 1.54) is 4.70 Å². The van der Waals surface area contributed by atoms with Crippen LogP contribution in [0.5, 0.6) is 0 Å². The number of anilines is 2. The van der Waals surface area contributed by atoms with E-state index < -0.39 is 0 Å². The maximum atomic E-state index is 12.5. The molecule has 0 aliphatic carbocycles. The summed E-state index contributed by atoms with van der Waals surface area (Å²) in [6.45, 7) is 0. The topological polar surface area (TPSA) is 45.2 Å². The van der Waals surface area contributed by atoms with Crippen LogP contribution >= 0.6 is 11.3 Å². The molecule has 0 atom stereocenters. The minimum absolute atomic E-state index is 0.119. The Morgan fingerprint density at radius 1 is 0.963 bits per heavy atom. The van der Waals surface area contributed by atoms with E-state index in [1.54, 1.807) is 11.3 Å². The van der Waals surface area contributed by atoms with Gasteiger partial charge in [-0.25, -0.2) is 4.98 Å². The molecule has 0 aliphatic heterocycles. The lowest BCUT2D eigenvalue weighted by molar-refractivity contribution is 0.102. The van der Waals surface area contributed by atoms with E-state index in [0.29, 0.717) is 5.56 Å². The zero-order valence-electron chi connectivity index (χ0n) is 15.1. The predicted octanol–water partition coefficient (Wildman–Crippen LogP) is 5.28. The smallest absolute Gasteiger partial charge is 0.255 e. The number of hydrogen-bond acceptors (Lipinski definition) is 4. The van der Waals surface area contributed by atoms with Gasteiger partial charge in [0.1, 0.15) is 5.01 Å². The van der Waals surface area contributed by atoms with Gasteiger partial charge in [0, 0.05) is 36.6 Å². The predicted molar refractivity (Wildman–Crippen MR) is 114 cm³/mol. The minimum atomic E-state index is -0.119. The highest BCUT2D eigenvalue weighted by molar-refractivity contribution is 7.21. The number of hydrogen-bond donors (Lipinski definition) is 1. The quantitative estimate of drug-likeness (QED) is 0.529. The Kier molecular flexibility index (Phi) is 4.60. The van der Waals surface area contributed by atoms with Crippen LogP contribution in [0.2, 0.25) is 0 Å². The number of carbonyl (C=O) groups is 1. The molecule has 27 heavy (non-hydrogen) atoms. The third kappa shape index (κ3) is 3.68. The highest BCUT2D eigenvalue weighted by atomic mass is 32.1. The normalized spacial score (nSPS) is 10.7. The molecule has 1 heterocycles. The van der Waals surface area contributed by atoms with Crippen molar-refractivity contribution in [2.45, 2.75) is 0 Å². The van der Waals surface area contributed by atoms with Gasteiger partial charge in [-0.05, 0) is 54.6 Å². The molecule has 1 N–H and O–H groups in total. The van der Waals surface area contributed by atoms with Crippen molar-refractivity contribution in [3.8, 4) is 10.6 Å². The van der Waals surface area contributed by atoms with Gasteiger partial charge in [0.25, 0.3) is 5.91 Å². The summed E-state index contributed by atoms with van der Waals surface area (Å²) in [5.74, 6) is -0.119. The molecule has 0 saturated heterocycles. The molecule has 4 aromatic rings. The highest BCUT2D eigenvalue weighted by Gasteiger charge is 2.09. The second kappa shape index (κ2) is 7.21. The molecule has 134 valence electrons. The van der Waals surface area contributed by atoms with Gasteiger partial charge in [-0.15, -0.1) is 11.3 Å². The number of rotatable bonds is 4. The summed E-state index contributed by atoms with van der Waals surface area (Å²) in [7, 11) is 3.91. The average molecular weight is 373 g/mol. The summed E-state index contributed by atoms with van der Waals surface area (Å²) in [5, 5.41) is 3.93. The second-order valence-electron chi connectivity index (χ2n) is 6.46. The van der Waals surface area contributed by atoms with Crippen LogP contribution < -0.4 is 10.2 Å². The van der Waals surface area contributed by atoms with Crippen molar-refractivity contribution < 1.29 is 4.79 Å². The molecule has 1 amide bonds. The van der Waals surface area contributed by atoms with E-state index in [4.69, 9.17) is 0 Å². The molecular formula is C22H19N3OS. The van der Waals surface area contributed by atoms with Crippen molar-refractivity contribution in [2.75, 3.05) is 24.3 Å². The lowest BCUT2D eigenvalue weighted by atomic mass is 10.1. The molecule has 0 aliphatic rings. The molecule has 0 saturated carbocycles. The lowest BCUT2D eigenvalue weighted by Gasteiger charge is -2.13. The molecular weight excluding hydrogens is 354 g/mol. The number of para-hydroxylation sites is 1. The number of nitrogens with zero attached hydrogens (tertiary/aromatic N) is 2. The summed E-state index contributed by atoms with van der Waals surface area (Å²) in [5.41, 5.74) is 4.45. The van der Waals surface area contributed by atoms with Crippen LogP contribution in [0.1, 0.15) is 10.4 Å². The van der Waals surface area contributed by atoms with Crippen molar-refractivity contribution in [3.63, 3.8) is 0 Å². The van der Waals surface area contributed by atoms with E-state index in [0.717, 1.165) is 27.5 Å². The number of carbonyl (C=O) groups excluding carboxylic acids is 1. The van der Waals surface area contributed by atoms with Gasteiger partial charge < -0.3 is 10.2 Å². The third-order valence-corrected chi connectivity index (χ3v) is 5.39. The molecule has 0 unspecified atom stereocenters. The Morgan fingerprint density at radius 2 is 1.74 bits per heavy atom. The monoisotopic (exact) mass is 373 g/mol. The summed E-state index contributed by atoms with van der Waals surface area (Å²) in [4.78, 5) is 19.2. The van der Waals surface area contributed by atoms with Crippen LogP contribution in [0.15, 0.2) is 72.8 Å². The van der Waals surface area contributed by atoms with Gasteiger partial charge in [-0.3, -0.25) is 4.79 Å². The van der Waals surface area contributed by atoms with Crippen LogP contribution in [0, 0.1) is 0 Å². The number of fused-ring (bicyclic) bond motifs is 1. The first kappa shape index (κ1) is 17.2. The van der Waals surface area contributed by atoms with Gasteiger partial charge in [0.15, 0.2) is 0 Å². The fourth-order valence-electron chi connectivity index (χ4n) is 2.82. The Balaban J connectivity index is 1.52. The standard InChI is InChI=1S/C22H19N3OS/c1-25(2)18-7-5-6-16(14-18)21(26)23-17-12-10-15(11-13-17)22-24-19-8-3-4-9-20(19)27-22/h3-14H,1-2H3,(H,23,26). The molecule has 3 aromatic carbocycles. The first-order valence-electron chi connectivity index (χ1n) is 8.65. The highest BCUT2D eigenvalue weighted by Crippen LogP contribution is 2.30. The number of thiazole rings is 1. The largest absolute Gasteiger partial charge is 0.378 e. The molecule has 0 bridgehead atoms. The first-order chi connectivity index (χ1) is 13.1. The summed E-state index contributed by atoms with van der Waals surface area (Å²) in [6, 6.07) is 23.5. The van der Waals surface area contributed by atoms with Crippen molar-refractivity contribution >= 4 is 38.8 Å². The Bertz CT molecular complexity index is 1070. The molecule has 4 rings (SSSR count). The molecule has 0 fully saturated rings. The molecule has 1 aromatic heterocycles. The van der Waals surface area contributed by atoms with Gasteiger partial charge >= 0.3 is 0 Å². The number of aromatic nitrogens is 1. The van der Waals surface area contributed by atoms with E-state index in [9.17, 15) is 4.79 Å². The fourth-order valence-corrected chi connectivity index (χ4v) is 3.79. The molecule has 4 nitrogen and oxygen atoms in total. The van der Waals surface area contributed by atoms with Crippen molar-refractivity contribution in [3.05, 3.63) is 78.4 Å². The lowest BCUT2D eigenvalue weighted by Crippen LogP contribution is -2.14. The molecule has 5 heteroatoms. The van der Waals surface area contributed by atoms with Gasteiger partial charge in [0.05, 0.1) is 10.2 Å². The minimum Gasteiger partial charge on any atom is -0.378 e. The summed E-state index contributed by atoms with van der Waals surface area (Å²) >= 11 is 1.67.